The maximum atomic E-state index is 13.4. The molecule has 0 saturated heterocycles. The molecular weight excluding hydrogens is 389 g/mol. The van der Waals surface area contributed by atoms with Gasteiger partial charge in [-0.15, -0.1) is 0 Å². The van der Waals surface area contributed by atoms with Gasteiger partial charge in [0.25, 0.3) is 5.91 Å². The van der Waals surface area contributed by atoms with Crippen molar-refractivity contribution in [3.63, 3.8) is 0 Å². The third-order valence-electron chi connectivity index (χ3n) is 5.02. The zero-order valence-electron chi connectivity index (χ0n) is 15.4. The number of ketones is 1. The fourth-order valence-corrected chi connectivity index (χ4v) is 3.65. The molecule has 6 nitrogen and oxygen atoms in total. The third kappa shape index (κ3) is 2.71. The van der Waals surface area contributed by atoms with Gasteiger partial charge in [0, 0.05) is 11.1 Å². The second kappa shape index (κ2) is 6.73. The molecule has 1 atom stereocenters. The molecule has 0 spiro atoms. The molecule has 3 heterocycles. The van der Waals surface area contributed by atoms with Crippen LogP contribution in [0.5, 0.6) is 0 Å². The lowest BCUT2D eigenvalue weighted by atomic mass is 9.99. The molecule has 4 aromatic rings. The number of carbonyl (C=O) groups is 2. The first-order valence-electron chi connectivity index (χ1n) is 9.13. The van der Waals surface area contributed by atoms with Crippen LogP contribution in [-0.2, 0) is 4.79 Å². The molecule has 5 rings (SSSR count). The highest BCUT2D eigenvalue weighted by molar-refractivity contribution is 6.20. The normalized spacial score (nSPS) is 16.6. The van der Waals surface area contributed by atoms with E-state index in [4.69, 9.17) is 8.83 Å². The maximum absolute atomic E-state index is 13.4. The Hall–Kier alpha value is -4.13. The number of Topliss-reactive ketones (excluding diaryl/α,β-unsaturated/α-hetero) is 1. The molecule has 0 bridgehead atoms. The number of fused-ring (bicyclic) bond motifs is 1. The summed E-state index contributed by atoms with van der Waals surface area (Å²) < 4.78 is 24.5. The number of anilines is 1. The van der Waals surface area contributed by atoms with Crippen LogP contribution in [0.15, 0.2) is 93.2 Å². The van der Waals surface area contributed by atoms with Gasteiger partial charge in [0.2, 0.25) is 5.78 Å². The fraction of sp³-hybridized carbons (Fsp3) is 0.0435. The largest absolute Gasteiger partial charge is 0.503 e. The van der Waals surface area contributed by atoms with E-state index in [-0.39, 0.29) is 17.1 Å². The molecular formula is C23H14FNO5. The number of hydrogen-bond acceptors (Lipinski definition) is 5. The number of nitrogens with zero attached hydrogens (tertiary/aromatic N) is 1. The Morgan fingerprint density at radius 1 is 1.03 bits per heavy atom. The molecule has 2 aromatic heterocycles. The lowest BCUT2D eigenvalue weighted by molar-refractivity contribution is -0.117. The van der Waals surface area contributed by atoms with Crippen molar-refractivity contribution in [2.75, 3.05) is 4.90 Å². The Kier molecular flexibility index (Phi) is 4.03. The van der Waals surface area contributed by atoms with Crippen molar-refractivity contribution in [3.8, 4) is 0 Å². The van der Waals surface area contributed by atoms with E-state index in [9.17, 15) is 19.1 Å². The van der Waals surface area contributed by atoms with Crippen LogP contribution in [0.3, 0.4) is 0 Å². The van der Waals surface area contributed by atoms with Gasteiger partial charge < -0.3 is 13.9 Å². The first-order chi connectivity index (χ1) is 14.5. The molecule has 1 N–H and O–H groups in total. The lowest BCUT2D eigenvalue weighted by Gasteiger charge is -2.24. The van der Waals surface area contributed by atoms with Crippen molar-refractivity contribution in [1.29, 1.82) is 0 Å². The summed E-state index contributed by atoms with van der Waals surface area (Å²) in [6.45, 7) is 0. The van der Waals surface area contributed by atoms with E-state index in [1.807, 2.05) is 6.07 Å². The van der Waals surface area contributed by atoms with Crippen LogP contribution >= 0.6 is 0 Å². The van der Waals surface area contributed by atoms with Gasteiger partial charge in [0.05, 0.1) is 11.8 Å². The van der Waals surface area contributed by atoms with E-state index in [2.05, 4.69) is 0 Å². The number of amides is 1. The minimum Gasteiger partial charge on any atom is -0.503 e. The SMILES string of the molecule is O=C(C1=C(O)C(=O)N(c2ccc(F)cc2)C1c1ccco1)c1cc2ccccc2o1. The minimum absolute atomic E-state index is 0.0111. The molecule has 1 amide bonds. The van der Waals surface area contributed by atoms with Gasteiger partial charge in [-0.2, -0.15) is 0 Å². The summed E-state index contributed by atoms with van der Waals surface area (Å²) in [6.07, 6.45) is 1.40. The Labute approximate surface area is 169 Å². The van der Waals surface area contributed by atoms with E-state index in [1.165, 1.54) is 35.4 Å². The number of para-hydroxylation sites is 1. The number of aliphatic hydroxyl groups excluding tert-OH is 1. The Morgan fingerprint density at radius 3 is 2.50 bits per heavy atom. The second-order valence-corrected chi connectivity index (χ2v) is 6.81. The molecule has 0 saturated carbocycles. The Balaban J connectivity index is 1.64. The zero-order valence-corrected chi connectivity index (χ0v) is 15.4. The van der Waals surface area contributed by atoms with E-state index in [0.29, 0.717) is 11.3 Å². The van der Waals surface area contributed by atoms with Gasteiger partial charge in [-0.05, 0) is 48.5 Å². The molecule has 7 heteroatoms. The molecule has 1 aliphatic rings. The summed E-state index contributed by atoms with van der Waals surface area (Å²) in [4.78, 5) is 27.4. The van der Waals surface area contributed by atoms with Gasteiger partial charge in [0.1, 0.15) is 23.2 Å². The molecule has 0 radical (unpaired) electrons. The van der Waals surface area contributed by atoms with Gasteiger partial charge >= 0.3 is 0 Å². The molecule has 0 aliphatic carbocycles. The lowest BCUT2D eigenvalue weighted by Crippen LogP contribution is -2.30. The van der Waals surface area contributed by atoms with E-state index >= 15 is 0 Å². The van der Waals surface area contributed by atoms with E-state index in [0.717, 1.165) is 5.39 Å². The number of halogens is 1. The molecule has 2 aromatic carbocycles. The van der Waals surface area contributed by atoms with Crippen molar-refractivity contribution >= 4 is 28.3 Å². The summed E-state index contributed by atoms with van der Waals surface area (Å²) in [7, 11) is 0. The van der Waals surface area contributed by atoms with Crippen LogP contribution in [0, 0.1) is 5.82 Å². The van der Waals surface area contributed by atoms with Crippen LogP contribution < -0.4 is 4.90 Å². The molecule has 1 aliphatic heterocycles. The smallest absolute Gasteiger partial charge is 0.294 e. The average Bonchev–Trinajstić information content (AvgIpc) is 3.47. The first kappa shape index (κ1) is 17.9. The molecule has 1 unspecified atom stereocenters. The average molecular weight is 403 g/mol. The van der Waals surface area contributed by atoms with Crippen molar-refractivity contribution in [2.24, 2.45) is 0 Å². The third-order valence-corrected chi connectivity index (χ3v) is 5.02. The minimum atomic E-state index is -1.03. The maximum Gasteiger partial charge on any atom is 0.294 e. The van der Waals surface area contributed by atoms with Crippen LogP contribution in [0.4, 0.5) is 10.1 Å². The van der Waals surface area contributed by atoms with E-state index < -0.39 is 29.3 Å². The number of carbonyl (C=O) groups excluding carboxylic acids is 2. The monoisotopic (exact) mass is 403 g/mol. The Bertz CT molecular complexity index is 1270. The van der Waals surface area contributed by atoms with Gasteiger partial charge in [-0.25, -0.2) is 4.39 Å². The summed E-state index contributed by atoms with van der Waals surface area (Å²) >= 11 is 0. The predicted octanol–water partition coefficient (Wildman–Crippen LogP) is 4.95. The van der Waals surface area contributed by atoms with Crippen molar-refractivity contribution in [1.82, 2.24) is 0 Å². The van der Waals surface area contributed by atoms with Crippen LogP contribution in [0.1, 0.15) is 22.4 Å². The first-order valence-corrected chi connectivity index (χ1v) is 9.13. The predicted molar refractivity (Wildman–Crippen MR) is 106 cm³/mol. The summed E-state index contributed by atoms with van der Waals surface area (Å²) in [5.41, 5.74) is 0.648. The van der Waals surface area contributed by atoms with Crippen molar-refractivity contribution < 1.29 is 27.9 Å². The van der Waals surface area contributed by atoms with Crippen molar-refractivity contribution in [3.05, 3.63) is 102 Å². The summed E-state index contributed by atoms with van der Waals surface area (Å²) in [5, 5.41) is 11.3. The van der Waals surface area contributed by atoms with Crippen LogP contribution in [0.2, 0.25) is 0 Å². The van der Waals surface area contributed by atoms with Gasteiger partial charge in [-0.1, -0.05) is 18.2 Å². The van der Waals surface area contributed by atoms with Crippen LogP contribution in [-0.4, -0.2) is 16.8 Å². The number of aliphatic hydroxyl groups is 1. The molecule has 0 fully saturated rings. The van der Waals surface area contributed by atoms with Crippen LogP contribution in [0.25, 0.3) is 11.0 Å². The van der Waals surface area contributed by atoms with Gasteiger partial charge in [-0.3, -0.25) is 14.5 Å². The van der Waals surface area contributed by atoms with E-state index in [1.54, 1.807) is 36.4 Å². The highest BCUT2D eigenvalue weighted by Crippen LogP contribution is 2.42. The number of hydrogen-bond donors (Lipinski definition) is 1. The zero-order chi connectivity index (χ0) is 20.8. The van der Waals surface area contributed by atoms with Gasteiger partial charge in [0.15, 0.2) is 11.5 Å². The number of furan rings is 2. The second-order valence-electron chi connectivity index (χ2n) is 6.81. The standard InChI is InChI=1S/C23H14FNO5/c24-14-7-9-15(10-8-14)25-20(17-6-3-11-29-17)19(22(27)23(25)28)21(26)18-12-13-4-1-2-5-16(13)30-18/h1-12,20,27H. The fourth-order valence-electron chi connectivity index (χ4n) is 3.65. The number of rotatable bonds is 4. The molecule has 30 heavy (non-hydrogen) atoms. The topological polar surface area (TPSA) is 83.9 Å². The molecule has 148 valence electrons. The highest BCUT2D eigenvalue weighted by Gasteiger charge is 2.46. The highest BCUT2D eigenvalue weighted by atomic mass is 19.1. The van der Waals surface area contributed by atoms with Crippen molar-refractivity contribution in [2.45, 2.75) is 6.04 Å². The summed E-state index contributed by atoms with van der Waals surface area (Å²) in [5.74, 6) is -2.34. The summed E-state index contributed by atoms with van der Waals surface area (Å²) in [6, 6.07) is 16.0. The quantitative estimate of drug-likeness (QED) is 0.488. The Morgan fingerprint density at radius 2 is 1.80 bits per heavy atom. The number of benzene rings is 2.